The van der Waals surface area contributed by atoms with Crippen LogP contribution in [-0.4, -0.2) is 22.6 Å². The van der Waals surface area contributed by atoms with Crippen LogP contribution >= 0.6 is 0 Å². The highest BCUT2D eigenvalue weighted by Gasteiger charge is 2.27. The molecular formula is C16H13N3O3. The van der Waals surface area contributed by atoms with Crippen LogP contribution in [0.2, 0.25) is 0 Å². The van der Waals surface area contributed by atoms with Crippen molar-refractivity contribution in [2.45, 2.75) is 6.92 Å². The van der Waals surface area contributed by atoms with E-state index in [1.165, 1.54) is 12.1 Å². The Morgan fingerprint density at radius 1 is 1.23 bits per heavy atom. The molecule has 1 aliphatic rings. The predicted molar refractivity (Wildman–Crippen MR) is 81.9 cm³/mol. The standard InChI is InChI=1S/C16H13N3O3/c1-9-4-2-7-12-13(9)17-16(22)14(12)18-19-15(21)10-5-3-6-11(20)8-10/h2-8,20H,1H3,(H,19,21)(H,17,18,22). The van der Waals surface area contributed by atoms with Crippen LogP contribution in [0.5, 0.6) is 5.75 Å². The number of anilines is 1. The van der Waals surface area contributed by atoms with E-state index in [0.717, 1.165) is 5.56 Å². The minimum atomic E-state index is -0.502. The van der Waals surface area contributed by atoms with Gasteiger partial charge < -0.3 is 10.4 Å². The first-order valence-corrected chi connectivity index (χ1v) is 6.64. The van der Waals surface area contributed by atoms with Crippen molar-refractivity contribution in [3.05, 3.63) is 59.2 Å². The van der Waals surface area contributed by atoms with E-state index in [0.29, 0.717) is 11.3 Å². The van der Waals surface area contributed by atoms with Crippen LogP contribution in [0.4, 0.5) is 5.69 Å². The van der Waals surface area contributed by atoms with Gasteiger partial charge in [0.25, 0.3) is 11.8 Å². The van der Waals surface area contributed by atoms with E-state index in [-0.39, 0.29) is 22.9 Å². The third-order valence-corrected chi connectivity index (χ3v) is 3.36. The van der Waals surface area contributed by atoms with Gasteiger partial charge in [0, 0.05) is 11.1 Å². The lowest BCUT2D eigenvalue weighted by atomic mass is 10.1. The summed E-state index contributed by atoms with van der Waals surface area (Å²) in [6.07, 6.45) is 0. The number of nitrogens with one attached hydrogen (secondary N) is 2. The number of nitrogens with zero attached hydrogens (tertiary/aromatic N) is 1. The SMILES string of the molecule is Cc1cccc2c1NC(=O)/C2=N\NC(=O)c1cccc(O)c1. The second-order valence-corrected chi connectivity index (χ2v) is 4.90. The average molecular weight is 295 g/mol. The molecule has 110 valence electrons. The van der Waals surface area contributed by atoms with Crippen molar-refractivity contribution in [3.63, 3.8) is 0 Å². The van der Waals surface area contributed by atoms with Crippen LogP contribution in [0.15, 0.2) is 47.6 Å². The molecule has 3 rings (SSSR count). The Labute approximate surface area is 126 Å². The molecule has 0 unspecified atom stereocenters. The molecule has 22 heavy (non-hydrogen) atoms. The van der Waals surface area contributed by atoms with Crippen LogP contribution in [-0.2, 0) is 4.79 Å². The Balaban J connectivity index is 1.86. The van der Waals surface area contributed by atoms with Gasteiger partial charge in [-0.2, -0.15) is 5.10 Å². The van der Waals surface area contributed by atoms with E-state index in [2.05, 4.69) is 15.8 Å². The summed E-state index contributed by atoms with van der Waals surface area (Å²) in [5.74, 6) is -0.877. The van der Waals surface area contributed by atoms with Crippen molar-refractivity contribution in [1.82, 2.24) is 5.43 Å². The molecule has 0 atom stereocenters. The number of fused-ring (bicyclic) bond motifs is 1. The van der Waals surface area contributed by atoms with Crippen molar-refractivity contribution >= 4 is 23.2 Å². The summed E-state index contributed by atoms with van der Waals surface area (Å²) < 4.78 is 0. The van der Waals surface area contributed by atoms with Crippen LogP contribution in [0, 0.1) is 6.92 Å². The Kier molecular flexibility index (Phi) is 3.34. The molecule has 1 heterocycles. The first-order valence-electron chi connectivity index (χ1n) is 6.64. The van der Waals surface area contributed by atoms with Crippen molar-refractivity contribution in [3.8, 4) is 5.75 Å². The topological polar surface area (TPSA) is 90.8 Å². The first kappa shape index (κ1) is 13.8. The molecule has 2 amide bonds. The Bertz CT molecular complexity index is 812. The zero-order valence-electron chi connectivity index (χ0n) is 11.8. The third kappa shape index (κ3) is 2.42. The normalized spacial score (nSPS) is 14.6. The average Bonchev–Trinajstić information content (AvgIpc) is 2.82. The lowest BCUT2D eigenvalue weighted by Crippen LogP contribution is -2.23. The van der Waals surface area contributed by atoms with Gasteiger partial charge in [-0.3, -0.25) is 9.59 Å². The minimum Gasteiger partial charge on any atom is -0.508 e. The number of carbonyl (C=O) groups is 2. The van der Waals surface area contributed by atoms with Gasteiger partial charge in [-0.1, -0.05) is 24.3 Å². The van der Waals surface area contributed by atoms with E-state index in [4.69, 9.17) is 0 Å². The Morgan fingerprint density at radius 3 is 2.77 bits per heavy atom. The van der Waals surface area contributed by atoms with E-state index in [1.807, 2.05) is 19.1 Å². The number of aryl methyl sites for hydroxylation is 1. The van der Waals surface area contributed by atoms with E-state index in [9.17, 15) is 14.7 Å². The maximum atomic E-state index is 12.0. The summed E-state index contributed by atoms with van der Waals surface area (Å²) in [6.45, 7) is 1.88. The smallest absolute Gasteiger partial charge is 0.276 e. The number of rotatable bonds is 2. The molecule has 6 heteroatoms. The summed E-state index contributed by atoms with van der Waals surface area (Å²) in [5.41, 5.74) is 5.04. The number of benzene rings is 2. The van der Waals surface area contributed by atoms with Gasteiger partial charge in [0.15, 0.2) is 5.71 Å². The quantitative estimate of drug-likeness (QED) is 0.738. The number of para-hydroxylation sites is 1. The zero-order valence-corrected chi connectivity index (χ0v) is 11.8. The highest BCUT2D eigenvalue weighted by Crippen LogP contribution is 2.26. The Morgan fingerprint density at radius 2 is 2.00 bits per heavy atom. The molecule has 0 saturated carbocycles. The number of hydrazone groups is 1. The maximum Gasteiger partial charge on any atom is 0.276 e. The summed E-state index contributed by atoms with van der Waals surface area (Å²) in [7, 11) is 0. The number of carbonyl (C=O) groups excluding carboxylic acids is 2. The number of hydrogen-bond acceptors (Lipinski definition) is 4. The molecule has 2 aromatic carbocycles. The molecule has 0 saturated heterocycles. The number of amides is 2. The Hall–Kier alpha value is -3.15. The van der Waals surface area contributed by atoms with Gasteiger partial charge in [0.05, 0.1) is 5.69 Å². The molecule has 0 aromatic heterocycles. The fourth-order valence-corrected chi connectivity index (χ4v) is 2.26. The monoisotopic (exact) mass is 295 g/mol. The molecule has 1 aliphatic heterocycles. The van der Waals surface area contributed by atoms with Crippen LogP contribution in [0.25, 0.3) is 0 Å². The second kappa shape index (κ2) is 5.33. The number of hydrogen-bond donors (Lipinski definition) is 3. The number of aromatic hydroxyl groups is 1. The van der Waals surface area contributed by atoms with Gasteiger partial charge >= 0.3 is 0 Å². The number of phenols is 1. The van der Waals surface area contributed by atoms with Gasteiger partial charge in [0.1, 0.15) is 5.75 Å². The third-order valence-electron chi connectivity index (χ3n) is 3.36. The molecule has 0 radical (unpaired) electrons. The van der Waals surface area contributed by atoms with E-state index >= 15 is 0 Å². The van der Waals surface area contributed by atoms with E-state index < -0.39 is 5.91 Å². The summed E-state index contributed by atoms with van der Waals surface area (Å²) in [6, 6.07) is 11.3. The maximum absolute atomic E-state index is 12.0. The molecule has 0 aliphatic carbocycles. The van der Waals surface area contributed by atoms with Crippen molar-refractivity contribution in [2.24, 2.45) is 5.10 Å². The second-order valence-electron chi connectivity index (χ2n) is 4.90. The summed E-state index contributed by atoms with van der Waals surface area (Å²) in [4.78, 5) is 23.9. The minimum absolute atomic E-state index is 0.0140. The molecule has 3 N–H and O–H groups in total. The molecule has 6 nitrogen and oxygen atoms in total. The molecule has 2 aromatic rings. The van der Waals surface area contributed by atoms with E-state index in [1.54, 1.807) is 18.2 Å². The van der Waals surface area contributed by atoms with Crippen molar-refractivity contribution < 1.29 is 14.7 Å². The summed E-state index contributed by atoms with van der Waals surface area (Å²) >= 11 is 0. The molecule has 0 fully saturated rings. The fourth-order valence-electron chi connectivity index (χ4n) is 2.26. The van der Waals surface area contributed by atoms with Crippen LogP contribution in [0.1, 0.15) is 21.5 Å². The number of phenolic OH excluding ortho intramolecular Hbond substituents is 1. The largest absolute Gasteiger partial charge is 0.508 e. The van der Waals surface area contributed by atoms with Gasteiger partial charge in [-0.05, 0) is 30.7 Å². The zero-order chi connectivity index (χ0) is 15.7. The lowest BCUT2D eigenvalue weighted by molar-refractivity contribution is -0.110. The van der Waals surface area contributed by atoms with Gasteiger partial charge in [-0.15, -0.1) is 0 Å². The molecule has 0 bridgehead atoms. The van der Waals surface area contributed by atoms with Crippen LogP contribution < -0.4 is 10.7 Å². The van der Waals surface area contributed by atoms with Crippen molar-refractivity contribution in [1.29, 1.82) is 0 Å². The van der Waals surface area contributed by atoms with Gasteiger partial charge in [-0.25, -0.2) is 5.43 Å². The highest BCUT2D eigenvalue weighted by atomic mass is 16.3. The predicted octanol–water partition coefficient (Wildman–Crippen LogP) is 1.79. The fraction of sp³-hybridized carbons (Fsp3) is 0.0625. The lowest BCUT2D eigenvalue weighted by Gasteiger charge is -2.02. The molecule has 0 spiro atoms. The van der Waals surface area contributed by atoms with Crippen molar-refractivity contribution in [2.75, 3.05) is 5.32 Å². The van der Waals surface area contributed by atoms with Gasteiger partial charge in [0.2, 0.25) is 0 Å². The van der Waals surface area contributed by atoms with Crippen LogP contribution in [0.3, 0.4) is 0 Å². The molecular weight excluding hydrogens is 282 g/mol. The summed E-state index contributed by atoms with van der Waals surface area (Å²) in [5, 5.41) is 16.0. The first-order chi connectivity index (χ1) is 10.6. The highest BCUT2D eigenvalue weighted by molar-refractivity contribution is 6.54.